The summed E-state index contributed by atoms with van der Waals surface area (Å²) < 4.78 is 24.3. The number of ether oxygens (including phenoxy) is 1. The first-order valence-electron chi connectivity index (χ1n) is 3.20. The zero-order chi connectivity index (χ0) is 10.0. The molecule has 1 rings (SSSR count). The van der Waals surface area contributed by atoms with Crippen molar-refractivity contribution in [2.45, 2.75) is 4.90 Å². The van der Waals surface area contributed by atoms with E-state index < -0.39 is 11.1 Å². The van der Waals surface area contributed by atoms with Gasteiger partial charge in [-0.05, 0) is 6.07 Å². The minimum Gasteiger partial charge on any atom is -0.495 e. The SMILES string of the molecule is COc1cc(Cl)c(S(=O)O)cc1Cl. The fourth-order valence-electron chi connectivity index (χ4n) is 0.801. The van der Waals surface area contributed by atoms with E-state index in [1.165, 1.54) is 19.2 Å². The third-order valence-electron chi connectivity index (χ3n) is 1.39. The highest BCUT2D eigenvalue weighted by atomic mass is 35.5. The van der Waals surface area contributed by atoms with Gasteiger partial charge in [0.1, 0.15) is 5.75 Å². The molecule has 72 valence electrons. The second-order valence-electron chi connectivity index (χ2n) is 2.17. The van der Waals surface area contributed by atoms with E-state index in [0.29, 0.717) is 5.75 Å². The molecule has 0 heterocycles. The summed E-state index contributed by atoms with van der Waals surface area (Å²) in [6.45, 7) is 0. The monoisotopic (exact) mass is 240 g/mol. The molecule has 0 fully saturated rings. The fraction of sp³-hybridized carbons (Fsp3) is 0.143. The third-order valence-corrected chi connectivity index (χ3v) is 2.83. The van der Waals surface area contributed by atoms with Crippen molar-refractivity contribution in [3.05, 3.63) is 22.2 Å². The maximum Gasteiger partial charge on any atom is 0.188 e. The predicted molar refractivity (Wildman–Crippen MR) is 52.1 cm³/mol. The van der Waals surface area contributed by atoms with E-state index in [1.807, 2.05) is 0 Å². The number of methoxy groups -OCH3 is 1. The number of benzene rings is 1. The fourth-order valence-corrected chi connectivity index (χ4v) is 1.90. The smallest absolute Gasteiger partial charge is 0.188 e. The zero-order valence-electron chi connectivity index (χ0n) is 6.58. The van der Waals surface area contributed by atoms with Crippen LogP contribution in [0.3, 0.4) is 0 Å². The maximum absolute atomic E-state index is 10.7. The largest absolute Gasteiger partial charge is 0.495 e. The van der Waals surface area contributed by atoms with Crippen molar-refractivity contribution in [2.24, 2.45) is 0 Å². The molecule has 1 N–H and O–H groups in total. The molecule has 0 bridgehead atoms. The van der Waals surface area contributed by atoms with Crippen molar-refractivity contribution in [1.82, 2.24) is 0 Å². The van der Waals surface area contributed by atoms with Crippen LogP contribution in [0, 0.1) is 0 Å². The van der Waals surface area contributed by atoms with Crippen molar-refractivity contribution in [3.8, 4) is 5.75 Å². The lowest BCUT2D eigenvalue weighted by atomic mass is 10.3. The normalized spacial score (nSPS) is 12.6. The van der Waals surface area contributed by atoms with Crippen LogP contribution in [0.5, 0.6) is 5.75 Å². The molecule has 3 nitrogen and oxygen atoms in total. The Morgan fingerprint density at radius 3 is 2.46 bits per heavy atom. The molecule has 0 saturated carbocycles. The van der Waals surface area contributed by atoms with E-state index in [1.54, 1.807) is 0 Å². The van der Waals surface area contributed by atoms with Crippen LogP contribution in [-0.4, -0.2) is 15.9 Å². The highest BCUT2D eigenvalue weighted by Gasteiger charge is 2.11. The van der Waals surface area contributed by atoms with Crippen LogP contribution in [0.15, 0.2) is 17.0 Å². The van der Waals surface area contributed by atoms with Crippen molar-refractivity contribution in [2.75, 3.05) is 7.11 Å². The molecule has 0 aliphatic carbocycles. The Balaban J connectivity index is 3.28. The number of rotatable bonds is 2. The Bertz CT molecular complexity index is 354. The van der Waals surface area contributed by atoms with Crippen molar-refractivity contribution in [1.29, 1.82) is 0 Å². The number of hydrogen-bond acceptors (Lipinski definition) is 2. The topological polar surface area (TPSA) is 46.5 Å². The molecule has 0 amide bonds. The van der Waals surface area contributed by atoms with Crippen LogP contribution in [0.4, 0.5) is 0 Å². The van der Waals surface area contributed by atoms with Gasteiger partial charge in [0.05, 0.1) is 22.1 Å². The molecule has 0 aliphatic heterocycles. The van der Waals surface area contributed by atoms with Gasteiger partial charge >= 0.3 is 0 Å². The molecule has 1 unspecified atom stereocenters. The molecule has 1 atom stereocenters. The van der Waals surface area contributed by atoms with Gasteiger partial charge in [-0.1, -0.05) is 23.2 Å². The Kier molecular flexibility index (Phi) is 3.55. The summed E-state index contributed by atoms with van der Waals surface area (Å²) >= 11 is 9.27. The van der Waals surface area contributed by atoms with Crippen molar-refractivity contribution < 1.29 is 13.5 Å². The Labute approximate surface area is 87.9 Å². The van der Waals surface area contributed by atoms with Gasteiger partial charge in [-0.15, -0.1) is 0 Å². The molecule has 0 aromatic heterocycles. The van der Waals surface area contributed by atoms with Crippen molar-refractivity contribution in [3.63, 3.8) is 0 Å². The second kappa shape index (κ2) is 4.28. The molecule has 0 radical (unpaired) electrons. The van der Waals surface area contributed by atoms with Crippen LogP contribution >= 0.6 is 23.2 Å². The van der Waals surface area contributed by atoms with E-state index in [4.69, 9.17) is 32.5 Å². The molecule has 6 heteroatoms. The summed E-state index contributed by atoms with van der Waals surface area (Å²) in [4.78, 5) is 0.0764. The number of halogens is 2. The summed E-state index contributed by atoms with van der Waals surface area (Å²) in [7, 11) is 1.44. The average Bonchev–Trinajstić information content (AvgIpc) is 2.07. The predicted octanol–water partition coefficient (Wildman–Crippen LogP) is 2.58. The van der Waals surface area contributed by atoms with Gasteiger partial charge < -0.3 is 9.29 Å². The molecular weight excluding hydrogens is 235 g/mol. The minimum atomic E-state index is -2.13. The summed E-state index contributed by atoms with van der Waals surface area (Å²) in [5, 5.41) is 0.409. The van der Waals surface area contributed by atoms with Gasteiger partial charge in [0.15, 0.2) is 11.1 Å². The van der Waals surface area contributed by atoms with E-state index in [9.17, 15) is 4.21 Å². The Morgan fingerprint density at radius 2 is 2.00 bits per heavy atom. The van der Waals surface area contributed by atoms with Gasteiger partial charge in [-0.25, -0.2) is 4.21 Å². The molecule has 0 aliphatic rings. The van der Waals surface area contributed by atoms with Gasteiger partial charge in [-0.2, -0.15) is 0 Å². The lowest BCUT2D eigenvalue weighted by Gasteiger charge is -2.05. The quantitative estimate of drug-likeness (QED) is 0.809. The van der Waals surface area contributed by atoms with Gasteiger partial charge in [-0.3, -0.25) is 0 Å². The van der Waals surface area contributed by atoms with Crippen LogP contribution in [0.25, 0.3) is 0 Å². The van der Waals surface area contributed by atoms with Gasteiger partial charge in [0.25, 0.3) is 0 Å². The number of hydrogen-bond donors (Lipinski definition) is 1. The molecule has 0 saturated heterocycles. The Morgan fingerprint density at radius 1 is 1.38 bits per heavy atom. The standard InChI is InChI=1S/C7H6Cl2O3S/c1-12-6-2-5(9)7(13(10)11)3-4(6)8/h2-3H,1H3,(H,10,11). The van der Waals surface area contributed by atoms with Crippen LogP contribution < -0.4 is 4.74 Å². The van der Waals surface area contributed by atoms with Gasteiger partial charge in [0, 0.05) is 6.07 Å². The lowest BCUT2D eigenvalue weighted by Crippen LogP contribution is -1.92. The molecule has 1 aromatic carbocycles. The van der Waals surface area contributed by atoms with Crippen LogP contribution in [0.1, 0.15) is 0 Å². The maximum atomic E-state index is 10.7. The van der Waals surface area contributed by atoms with Crippen molar-refractivity contribution >= 4 is 34.3 Å². The average molecular weight is 241 g/mol. The first-order valence-corrected chi connectivity index (χ1v) is 5.06. The second-order valence-corrected chi connectivity index (χ2v) is 3.92. The first kappa shape index (κ1) is 10.8. The summed E-state index contributed by atoms with van der Waals surface area (Å²) in [5.41, 5.74) is 0. The highest BCUT2D eigenvalue weighted by Crippen LogP contribution is 2.32. The van der Waals surface area contributed by atoms with E-state index >= 15 is 0 Å². The third kappa shape index (κ3) is 2.34. The van der Waals surface area contributed by atoms with Gasteiger partial charge in [0.2, 0.25) is 0 Å². The molecule has 1 aromatic rings. The van der Waals surface area contributed by atoms with E-state index in [0.717, 1.165) is 0 Å². The summed E-state index contributed by atoms with van der Waals surface area (Å²) in [6.07, 6.45) is 0. The van der Waals surface area contributed by atoms with E-state index in [2.05, 4.69) is 0 Å². The van der Waals surface area contributed by atoms with Crippen LogP contribution in [-0.2, 0) is 11.1 Å². The summed E-state index contributed by atoms with van der Waals surface area (Å²) in [6, 6.07) is 2.70. The zero-order valence-corrected chi connectivity index (χ0v) is 8.91. The Hall–Kier alpha value is -0.290. The molecular formula is C7H6Cl2O3S. The summed E-state index contributed by atoms with van der Waals surface area (Å²) in [5.74, 6) is 0.376. The highest BCUT2D eigenvalue weighted by molar-refractivity contribution is 7.79. The molecule has 13 heavy (non-hydrogen) atoms. The van der Waals surface area contributed by atoms with Crippen LogP contribution in [0.2, 0.25) is 10.0 Å². The first-order chi connectivity index (χ1) is 6.06. The minimum absolute atomic E-state index is 0.0764. The van der Waals surface area contributed by atoms with E-state index in [-0.39, 0.29) is 14.9 Å². The lowest BCUT2D eigenvalue weighted by molar-refractivity contribution is 0.414. The molecule has 0 spiro atoms.